The third kappa shape index (κ3) is 2.80. The van der Waals surface area contributed by atoms with Crippen LogP contribution in [0.2, 0.25) is 0 Å². The summed E-state index contributed by atoms with van der Waals surface area (Å²) in [4.78, 5) is 5.58. The summed E-state index contributed by atoms with van der Waals surface area (Å²) in [6.45, 7) is 5.66. The number of rotatable bonds is 4. The number of nitrogens with one attached hydrogen (secondary N) is 2. The molecular formula is C12H16ClN5S. The molecule has 0 fully saturated rings. The highest BCUT2D eigenvalue weighted by atomic mass is 35.5. The fourth-order valence-corrected chi connectivity index (χ4v) is 2.73. The van der Waals surface area contributed by atoms with Crippen molar-refractivity contribution in [3.05, 3.63) is 40.4 Å². The molecule has 0 saturated carbocycles. The van der Waals surface area contributed by atoms with E-state index in [0.29, 0.717) is 0 Å². The fourth-order valence-electron chi connectivity index (χ4n) is 2.01. The molecular weight excluding hydrogens is 282 g/mol. The molecule has 0 spiro atoms. The molecule has 0 aromatic carbocycles. The van der Waals surface area contributed by atoms with E-state index in [1.807, 2.05) is 25.4 Å². The van der Waals surface area contributed by atoms with Gasteiger partial charge in [-0.1, -0.05) is 0 Å². The topological polar surface area (TPSA) is 58.0 Å². The van der Waals surface area contributed by atoms with Crippen LogP contribution in [0.4, 0.5) is 0 Å². The van der Waals surface area contributed by atoms with Crippen LogP contribution in [-0.2, 0) is 13.1 Å². The van der Waals surface area contributed by atoms with Crippen LogP contribution in [-0.4, -0.2) is 19.6 Å². The Morgan fingerprint density at radius 1 is 1.37 bits per heavy atom. The molecule has 0 atom stereocenters. The minimum absolute atomic E-state index is 0. The van der Waals surface area contributed by atoms with E-state index in [9.17, 15) is 0 Å². The van der Waals surface area contributed by atoms with Crippen molar-refractivity contribution in [2.45, 2.75) is 26.9 Å². The van der Waals surface area contributed by atoms with E-state index >= 15 is 0 Å². The normalized spacial score (nSPS) is 10.8. The predicted octanol–water partition coefficient (Wildman–Crippen LogP) is 2.45. The van der Waals surface area contributed by atoms with Crippen LogP contribution in [0, 0.1) is 13.8 Å². The molecule has 19 heavy (non-hydrogen) atoms. The van der Waals surface area contributed by atoms with Gasteiger partial charge in [-0.25, -0.2) is 4.98 Å². The molecule has 3 aromatic rings. The summed E-state index contributed by atoms with van der Waals surface area (Å²) < 4.78 is 2.05. The number of halogens is 1. The number of aryl methyl sites for hydroxylation is 2. The van der Waals surface area contributed by atoms with Crippen LogP contribution < -0.4 is 5.32 Å². The summed E-state index contributed by atoms with van der Waals surface area (Å²) in [5.41, 5.74) is 4.51. The number of aromatic nitrogens is 4. The Labute approximate surface area is 121 Å². The van der Waals surface area contributed by atoms with E-state index in [4.69, 9.17) is 0 Å². The molecule has 3 rings (SSSR count). The molecule has 3 heterocycles. The highest BCUT2D eigenvalue weighted by Crippen LogP contribution is 2.12. The van der Waals surface area contributed by atoms with Crippen molar-refractivity contribution in [2.24, 2.45) is 0 Å². The summed E-state index contributed by atoms with van der Waals surface area (Å²) in [6, 6.07) is 0. The first-order valence-electron chi connectivity index (χ1n) is 5.86. The maximum absolute atomic E-state index is 4.53. The number of nitrogens with zero attached hydrogens (tertiary/aromatic N) is 3. The van der Waals surface area contributed by atoms with Crippen molar-refractivity contribution >= 4 is 28.7 Å². The van der Waals surface area contributed by atoms with Crippen LogP contribution in [0.3, 0.4) is 0 Å². The van der Waals surface area contributed by atoms with Crippen molar-refractivity contribution in [3.63, 3.8) is 0 Å². The van der Waals surface area contributed by atoms with Crippen LogP contribution in [0.25, 0.3) is 4.96 Å². The van der Waals surface area contributed by atoms with Gasteiger partial charge in [0.05, 0.1) is 11.4 Å². The lowest BCUT2D eigenvalue weighted by Crippen LogP contribution is -2.13. The highest BCUT2D eigenvalue weighted by molar-refractivity contribution is 7.15. The van der Waals surface area contributed by atoms with Gasteiger partial charge in [-0.3, -0.25) is 9.50 Å². The predicted molar refractivity (Wildman–Crippen MR) is 78.9 cm³/mol. The Bertz CT molecular complexity index is 621. The van der Waals surface area contributed by atoms with Crippen LogP contribution >= 0.6 is 23.7 Å². The summed E-state index contributed by atoms with van der Waals surface area (Å²) in [5.74, 6) is 0. The Kier molecular flexibility index (Phi) is 4.24. The maximum Gasteiger partial charge on any atom is 0.193 e. The first kappa shape index (κ1) is 14.0. The summed E-state index contributed by atoms with van der Waals surface area (Å²) in [5, 5.41) is 12.6. The smallest absolute Gasteiger partial charge is 0.193 e. The van der Waals surface area contributed by atoms with Gasteiger partial charge < -0.3 is 5.32 Å². The van der Waals surface area contributed by atoms with Gasteiger partial charge in [-0.05, 0) is 13.8 Å². The molecule has 0 unspecified atom stereocenters. The minimum Gasteiger partial charge on any atom is -0.307 e. The SMILES string of the molecule is Cc1n[nH]c(C)c1CNCc1cn2ccsc2n1.Cl. The molecule has 0 aliphatic heterocycles. The molecule has 0 saturated heterocycles. The first-order chi connectivity index (χ1) is 8.74. The van der Waals surface area contributed by atoms with Crippen LogP contribution in [0.1, 0.15) is 22.6 Å². The molecule has 5 nitrogen and oxygen atoms in total. The second-order valence-corrected chi connectivity index (χ2v) is 5.21. The lowest BCUT2D eigenvalue weighted by molar-refractivity contribution is 0.678. The lowest BCUT2D eigenvalue weighted by atomic mass is 10.2. The quantitative estimate of drug-likeness (QED) is 0.778. The number of thiazole rings is 1. The zero-order valence-electron chi connectivity index (χ0n) is 10.8. The third-order valence-corrected chi connectivity index (χ3v) is 3.80. The number of H-pyrrole nitrogens is 1. The number of hydrogen-bond donors (Lipinski definition) is 2. The fraction of sp³-hybridized carbons (Fsp3) is 0.333. The number of hydrogen-bond acceptors (Lipinski definition) is 4. The van der Waals surface area contributed by atoms with Gasteiger partial charge >= 0.3 is 0 Å². The average Bonchev–Trinajstić information content (AvgIpc) is 2.98. The summed E-state index contributed by atoms with van der Waals surface area (Å²) >= 11 is 1.65. The van der Waals surface area contributed by atoms with Crippen molar-refractivity contribution in [3.8, 4) is 0 Å². The monoisotopic (exact) mass is 297 g/mol. The molecule has 0 amide bonds. The molecule has 2 N–H and O–H groups in total. The Balaban J connectivity index is 0.00000133. The molecule has 7 heteroatoms. The largest absolute Gasteiger partial charge is 0.307 e. The van der Waals surface area contributed by atoms with Gasteiger partial charge in [0.25, 0.3) is 0 Å². The van der Waals surface area contributed by atoms with E-state index in [-0.39, 0.29) is 12.4 Å². The average molecular weight is 298 g/mol. The van der Waals surface area contributed by atoms with E-state index in [1.54, 1.807) is 11.3 Å². The highest BCUT2D eigenvalue weighted by Gasteiger charge is 2.06. The number of aromatic amines is 1. The number of fused-ring (bicyclic) bond motifs is 1. The molecule has 0 bridgehead atoms. The number of imidazole rings is 1. The van der Waals surface area contributed by atoms with Crippen molar-refractivity contribution in [1.82, 2.24) is 24.9 Å². The van der Waals surface area contributed by atoms with E-state index < -0.39 is 0 Å². The van der Waals surface area contributed by atoms with Gasteiger partial charge in [0, 0.05) is 42.1 Å². The van der Waals surface area contributed by atoms with Gasteiger partial charge in [-0.15, -0.1) is 23.7 Å². The van der Waals surface area contributed by atoms with Gasteiger partial charge in [0.15, 0.2) is 4.96 Å². The molecule has 0 aliphatic carbocycles. The molecule has 102 valence electrons. The second-order valence-electron chi connectivity index (χ2n) is 4.34. The molecule has 0 aliphatic rings. The summed E-state index contributed by atoms with van der Waals surface area (Å²) in [6.07, 6.45) is 4.09. The van der Waals surface area contributed by atoms with E-state index in [2.05, 4.69) is 31.1 Å². The van der Waals surface area contributed by atoms with Crippen molar-refractivity contribution in [2.75, 3.05) is 0 Å². The zero-order chi connectivity index (χ0) is 12.5. The lowest BCUT2D eigenvalue weighted by Gasteiger charge is -2.02. The van der Waals surface area contributed by atoms with Gasteiger partial charge in [0.2, 0.25) is 0 Å². The van der Waals surface area contributed by atoms with Gasteiger partial charge in [-0.2, -0.15) is 5.10 Å². The van der Waals surface area contributed by atoms with E-state index in [0.717, 1.165) is 35.1 Å². The van der Waals surface area contributed by atoms with Crippen LogP contribution in [0.5, 0.6) is 0 Å². The molecule has 0 radical (unpaired) electrons. The first-order valence-corrected chi connectivity index (χ1v) is 6.74. The molecule has 3 aromatic heterocycles. The maximum atomic E-state index is 4.53. The second kappa shape index (κ2) is 5.73. The Hall–Kier alpha value is -1.37. The van der Waals surface area contributed by atoms with Crippen LogP contribution in [0.15, 0.2) is 17.8 Å². The third-order valence-electron chi connectivity index (χ3n) is 3.03. The van der Waals surface area contributed by atoms with Crippen molar-refractivity contribution < 1.29 is 0 Å². The minimum atomic E-state index is 0. The zero-order valence-corrected chi connectivity index (χ0v) is 12.4. The summed E-state index contributed by atoms with van der Waals surface area (Å²) in [7, 11) is 0. The Morgan fingerprint density at radius 2 is 2.21 bits per heavy atom. The van der Waals surface area contributed by atoms with E-state index in [1.165, 1.54) is 5.56 Å². The Morgan fingerprint density at radius 3 is 2.89 bits per heavy atom. The van der Waals surface area contributed by atoms with Gasteiger partial charge in [0.1, 0.15) is 0 Å². The standard InChI is InChI=1S/C12H15N5S.ClH/c1-8-11(9(2)16-15-8)6-13-5-10-7-17-3-4-18-12(17)14-10;/h3-4,7,13H,5-6H2,1-2H3,(H,15,16);1H. The van der Waals surface area contributed by atoms with Crippen molar-refractivity contribution in [1.29, 1.82) is 0 Å².